The fourth-order valence-corrected chi connectivity index (χ4v) is 5.40. The molecule has 166 valence electrons. The van der Waals surface area contributed by atoms with E-state index < -0.39 is 0 Å². The molecule has 0 aromatic carbocycles. The SMILES string of the molecule is c1ccc(CN2CCC[C@@H](Nc3nc4c(c(N5CCCCCC5)n3)CCCC4)C2)nc1. The zero-order chi connectivity index (χ0) is 20.9. The summed E-state index contributed by atoms with van der Waals surface area (Å²) in [4.78, 5) is 19.7. The van der Waals surface area contributed by atoms with Gasteiger partial charge in [0.15, 0.2) is 0 Å². The summed E-state index contributed by atoms with van der Waals surface area (Å²) in [5.41, 5.74) is 3.87. The minimum Gasteiger partial charge on any atom is -0.356 e. The van der Waals surface area contributed by atoms with Crippen LogP contribution in [0.25, 0.3) is 0 Å². The standard InChI is InChI=1S/C25H36N6/c1-2-8-17-31(16-7-1)24-22-12-3-4-13-23(22)28-25(29-24)27-21-11-9-15-30(19-21)18-20-10-5-6-14-26-20/h5-6,10,14,21H,1-4,7-9,11-13,15-19H2,(H,27,28,29)/t21-/m1/s1. The number of fused-ring (bicyclic) bond motifs is 1. The summed E-state index contributed by atoms with van der Waals surface area (Å²) in [6.45, 7) is 5.37. The van der Waals surface area contributed by atoms with Gasteiger partial charge >= 0.3 is 0 Å². The summed E-state index contributed by atoms with van der Waals surface area (Å²) < 4.78 is 0. The molecule has 0 bridgehead atoms. The van der Waals surface area contributed by atoms with Crippen molar-refractivity contribution in [3.63, 3.8) is 0 Å². The molecule has 2 fully saturated rings. The molecule has 6 heteroatoms. The van der Waals surface area contributed by atoms with E-state index in [1.165, 1.54) is 68.4 Å². The highest BCUT2D eigenvalue weighted by molar-refractivity contribution is 5.54. The van der Waals surface area contributed by atoms with Crippen molar-refractivity contribution in [2.45, 2.75) is 76.8 Å². The molecule has 6 nitrogen and oxygen atoms in total. The topological polar surface area (TPSA) is 57.2 Å². The first-order chi connectivity index (χ1) is 15.3. The number of hydrogen-bond acceptors (Lipinski definition) is 6. The van der Waals surface area contributed by atoms with Gasteiger partial charge in [-0.25, -0.2) is 4.98 Å². The Morgan fingerprint density at radius 1 is 0.903 bits per heavy atom. The van der Waals surface area contributed by atoms with Crippen molar-refractivity contribution >= 4 is 11.8 Å². The lowest BCUT2D eigenvalue weighted by atomic mass is 9.96. The predicted molar refractivity (Wildman–Crippen MR) is 126 cm³/mol. The first-order valence-electron chi connectivity index (χ1n) is 12.4. The number of rotatable bonds is 5. The Balaban J connectivity index is 1.32. The van der Waals surface area contributed by atoms with Crippen molar-refractivity contribution in [3.8, 4) is 0 Å². The fourth-order valence-electron chi connectivity index (χ4n) is 5.40. The number of anilines is 2. The molecule has 2 aromatic rings. The molecule has 0 radical (unpaired) electrons. The van der Waals surface area contributed by atoms with E-state index in [4.69, 9.17) is 9.97 Å². The van der Waals surface area contributed by atoms with Crippen LogP contribution >= 0.6 is 0 Å². The zero-order valence-electron chi connectivity index (χ0n) is 18.7. The van der Waals surface area contributed by atoms with Crippen molar-refractivity contribution in [1.29, 1.82) is 0 Å². The van der Waals surface area contributed by atoms with Crippen molar-refractivity contribution < 1.29 is 0 Å². The van der Waals surface area contributed by atoms with Crippen LogP contribution in [0.1, 0.15) is 68.3 Å². The van der Waals surface area contributed by atoms with Gasteiger partial charge in [-0.2, -0.15) is 4.98 Å². The van der Waals surface area contributed by atoms with E-state index in [2.05, 4.69) is 32.2 Å². The minimum atomic E-state index is 0.399. The normalized spacial score (nSPS) is 22.6. The Hall–Kier alpha value is -2.21. The Morgan fingerprint density at radius 2 is 1.77 bits per heavy atom. The maximum atomic E-state index is 5.13. The van der Waals surface area contributed by atoms with E-state index in [-0.39, 0.29) is 0 Å². The number of nitrogens with one attached hydrogen (secondary N) is 1. The van der Waals surface area contributed by atoms with Crippen LogP contribution in [0.4, 0.5) is 11.8 Å². The highest BCUT2D eigenvalue weighted by Gasteiger charge is 2.25. The van der Waals surface area contributed by atoms with E-state index in [0.29, 0.717) is 6.04 Å². The van der Waals surface area contributed by atoms with Gasteiger partial charge in [0.1, 0.15) is 5.82 Å². The lowest BCUT2D eigenvalue weighted by Gasteiger charge is -2.33. The molecule has 0 amide bonds. The van der Waals surface area contributed by atoms with Crippen molar-refractivity contribution in [2.75, 3.05) is 36.4 Å². The summed E-state index contributed by atoms with van der Waals surface area (Å²) >= 11 is 0. The zero-order valence-corrected chi connectivity index (χ0v) is 18.7. The van der Waals surface area contributed by atoms with Crippen molar-refractivity contribution in [3.05, 3.63) is 41.3 Å². The maximum absolute atomic E-state index is 5.13. The molecule has 3 aliphatic rings. The summed E-state index contributed by atoms with van der Waals surface area (Å²) in [7, 11) is 0. The lowest BCUT2D eigenvalue weighted by molar-refractivity contribution is 0.206. The van der Waals surface area contributed by atoms with Crippen LogP contribution in [-0.4, -0.2) is 52.1 Å². The third kappa shape index (κ3) is 5.17. The van der Waals surface area contributed by atoms with E-state index in [1.807, 2.05) is 12.3 Å². The molecule has 0 spiro atoms. The second-order valence-corrected chi connectivity index (χ2v) is 9.44. The number of pyridine rings is 1. The molecule has 0 saturated carbocycles. The summed E-state index contributed by atoms with van der Waals surface area (Å²) in [5.74, 6) is 2.08. The number of aryl methyl sites for hydroxylation is 1. The van der Waals surface area contributed by atoms with Crippen LogP contribution in [0.5, 0.6) is 0 Å². The second-order valence-electron chi connectivity index (χ2n) is 9.44. The molecule has 1 atom stereocenters. The number of aromatic nitrogens is 3. The van der Waals surface area contributed by atoms with Gasteiger partial charge in [-0.3, -0.25) is 9.88 Å². The Bertz CT molecular complexity index is 847. The number of piperidine rings is 1. The highest BCUT2D eigenvalue weighted by atomic mass is 15.3. The largest absolute Gasteiger partial charge is 0.356 e. The highest BCUT2D eigenvalue weighted by Crippen LogP contribution is 2.31. The number of nitrogens with zero attached hydrogens (tertiary/aromatic N) is 5. The van der Waals surface area contributed by atoms with Crippen molar-refractivity contribution in [2.24, 2.45) is 0 Å². The molecule has 5 rings (SSSR count). The Morgan fingerprint density at radius 3 is 2.61 bits per heavy atom. The molecule has 0 unspecified atom stereocenters. The fraction of sp³-hybridized carbons (Fsp3) is 0.640. The van der Waals surface area contributed by atoms with E-state index in [9.17, 15) is 0 Å². The van der Waals surface area contributed by atoms with Crippen LogP contribution in [0.2, 0.25) is 0 Å². The molecule has 2 saturated heterocycles. The number of hydrogen-bond donors (Lipinski definition) is 1. The van der Waals surface area contributed by atoms with Crippen LogP contribution in [-0.2, 0) is 19.4 Å². The monoisotopic (exact) mass is 420 g/mol. The van der Waals surface area contributed by atoms with Gasteiger partial charge in [0.05, 0.1) is 11.4 Å². The van der Waals surface area contributed by atoms with E-state index in [1.54, 1.807) is 0 Å². The molecule has 31 heavy (non-hydrogen) atoms. The van der Waals surface area contributed by atoms with Gasteiger partial charge in [-0.15, -0.1) is 0 Å². The average molecular weight is 421 g/mol. The first-order valence-corrected chi connectivity index (χ1v) is 12.4. The Kier molecular flexibility index (Phi) is 6.63. The second kappa shape index (κ2) is 9.94. The molecule has 2 aromatic heterocycles. The molecular formula is C25H36N6. The Labute approximate surface area is 186 Å². The lowest BCUT2D eigenvalue weighted by Crippen LogP contribution is -2.42. The summed E-state index contributed by atoms with van der Waals surface area (Å²) in [6, 6.07) is 6.58. The van der Waals surface area contributed by atoms with Crippen LogP contribution in [0.15, 0.2) is 24.4 Å². The molecular weight excluding hydrogens is 384 g/mol. The first kappa shape index (κ1) is 20.7. The van der Waals surface area contributed by atoms with Gasteiger partial charge in [0, 0.05) is 44.0 Å². The quantitative estimate of drug-likeness (QED) is 0.782. The molecule has 1 aliphatic carbocycles. The van der Waals surface area contributed by atoms with Gasteiger partial charge in [-0.1, -0.05) is 18.9 Å². The molecule has 2 aliphatic heterocycles. The van der Waals surface area contributed by atoms with E-state index in [0.717, 1.165) is 57.2 Å². The predicted octanol–water partition coefficient (Wildman–Crippen LogP) is 4.21. The average Bonchev–Trinajstić information content (AvgIpc) is 3.09. The van der Waals surface area contributed by atoms with Gasteiger partial charge in [-0.05, 0) is 70.0 Å². The van der Waals surface area contributed by atoms with Gasteiger partial charge < -0.3 is 10.2 Å². The molecule has 1 N–H and O–H groups in total. The van der Waals surface area contributed by atoms with Crippen molar-refractivity contribution in [1.82, 2.24) is 19.9 Å². The summed E-state index contributed by atoms with van der Waals surface area (Å²) in [6.07, 6.45) is 14.3. The van der Waals surface area contributed by atoms with E-state index >= 15 is 0 Å². The summed E-state index contributed by atoms with van der Waals surface area (Å²) in [5, 5.41) is 3.73. The maximum Gasteiger partial charge on any atom is 0.225 e. The third-order valence-electron chi connectivity index (χ3n) is 7.02. The minimum absolute atomic E-state index is 0.399. The van der Waals surface area contributed by atoms with Gasteiger partial charge in [0.25, 0.3) is 0 Å². The third-order valence-corrected chi connectivity index (χ3v) is 7.02. The van der Waals surface area contributed by atoms with Crippen LogP contribution < -0.4 is 10.2 Å². The smallest absolute Gasteiger partial charge is 0.225 e. The van der Waals surface area contributed by atoms with Crippen LogP contribution in [0, 0.1) is 0 Å². The number of likely N-dealkylation sites (tertiary alicyclic amines) is 1. The van der Waals surface area contributed by atoms with Gasteiger partial charge in [0.2, 0.25) is 5.95 Å². The van der Waals surface area contributed by atoms with Crippen LogP contribution in [0.3, 0.4) is 0 Å². The molecule has 4 heterocycles.